The first-order valence-electron chi connectivity index (χ1n) is 4.94. The average molecular weight is 226 g/mol. The van der Waals surface area contributed by atoms with E-state index in [4.69, 9.17) is 5.11 Å². The van der Waals surface area contributed by atoms with Crippen molar-refractivity contribution < 1.29 is 14.7 Å². The molecule has 0 aromatic carbocycles. The molecule has 0 aliphatic carbocycles. The van der Waals surface area contributed by atoms with E-state index < -0.39 is 5.97 Å². The molecule has 0 saturated heterocycles. The number of carboxylic acids is 1. The van der Waals surface area contributed by atoms with Crippen LogP contribution in [-0.4, -0.2) is 49.9 Å². The third-order valence-electron chi connectivity index (χ3n) is 2.24. The molecule has 0 fully saturated rings. The fourth-order valence-corrected chi connectivity index (χ4v) is 1.47. The molecule has 0 aliphatic rings. The van der Waals surface area contributed by atoms with Gasteiger partial charge in [0.25, 0.3) is 5.91 Å². The van der Waals surface area contributed by atoms with Crippen molar-refractivity contribution in [3.05, 3.63) is 11.9 Å². The van der Waals surface area contributed by atoms with Crippen molar-refractivity contribution in [3.8, 4) is 0 Å². The van der Waals surface area contributed by atoms with E-state index in [0.29, 0.717) is 6.54 Å². The highest BCUT2D eigenvalue weighted by Gasteiger charge is 2.23. The van der Waals surface area contributed by atoms with E-state index in [1.165, 1.54) is 11.1 Å². The number of hydrogen-bond donors (Lipinski definition) is 2. The first kappa shape index (κ1) is 12.2. The van der Waals surface area contributed by atoms with Crippen molar-refractivity contribution in [2.45, 2.75) is 26.3 Å². The summed E-state index contributed by atoms with van der Waals surface area (Å²) in [4.78, 5) is 23.9. The second-order valence-electron chi connectivity index (χ2n) is 3.39. The largest absolute Gasteiger partial charge is 0.481 e. The van der Waals surface area contributed by atoms with Crippen LogP contribution in [0.2, 0.25) is 0 Å². The third-order valence-corrected chi connectivity index (χ3v) is 2.24. The van der Waals surface area contributed by atoms with Gasteiger partial charge in [-0.05, 0) is 13.8 Å². The molecular formula is C9H14N4O3. The minimum Gasteiger partial charge on any atom is -0.481 e. The Balaban J connectivity index is 2.74. The highest BCUT2D eigenvalue weighted by Crippen LogP contribution is 2.08. The van der Waals surface area contributed by atoms with E-state index in [0.717, 1.165) is 0 Å². The van der Waals surface area contributed by atoms with Crippen LogP contribution in [0.4, 0.5) is 0 Å². The highest BCUT2D eigenvalue weighted by atomic mass is 16.4. The number of aromatic amines is 1. The number of aliphatic carboxylic acids is 1. The van der Waals surface area contributed by atoms with Gasteiger partial charge in [0.2, 0.25) is 0 Å². The number of carbonyl (C=O) groups is 2. The number of carbonyl (C=O) groups excluding carboxylic acids is 1. The van der Waals surface area contributed by atoms with Crippen LogP contribution in [0.5, 0.6) is 0 Å². The van der Waals surface area contributed by atoms with Crippen LogP contribution in [-0.2, 0) is 4.79 Å². The molecular weight excluding hydrogens is 212 g/mol. The molecule has 1 aromatic heterocycles. The Morgan fingerprint density at radius 2 is 2.31 bits per heavy atom. The monoisotopic (exact) mass is 226 g/mol. The van der Waals surface area contributed by atoms with Crippen molar-refractivity contribution >= 4 is 11.9 Å². The molecule has 1 unspecified atom stereocenters. The van der Waals surface area contributed by atoms with Gasteiger partial charge < -0.3 is 10.0 Å². The number of rotatable bonds is 5. The number of H-pyrrole nitrogens is 1. The van der Waals surface area contributed by atoms with Crippen molar-refractivity contribution in [1.82, 2.24) is 20.3 Å². The van der Waals surface area contributed by atoms with Crippen LogP contribution in [0.25, 0.3) is 0 Å². The van der Waals surface area contributed by atoms with E-state index >= 15 is 0 Å². The molecule has 7 nitrogen and oxygen atoms in total. The Labute approximate surface area is 92.4 Å². The summed E-state index contributed by atoms with van der Waals surface area (Å²) in [5.74, 6) is -1.25. The minimum atomic E-state index is -0.932. The maximum atomic E-state index is 11.9. The molecule has 7 heteroatoms. The van der Waals surface area contributed by atoms with Gasteiger partial charge in [0.1, 0.15) is 0 Å². The Bertz CT molecular complexity index is 363. The summed E-state index contributed by atoms with van der Waals surface area (Å²) in [6.45, 7) is 3.91. The molecule has 2 N–H and O–H groups in total. The van der Waals surface area contributed by atoms with Crippen LogP contribution in [0.1, 0.15) is 30.8 Å². The molecule has 1 amide bonds. The second kappa shape index (κ2) is 5.24. The normalized spacial score (nSPS) is 12.1. The minimum absolute atomic E-state index is 0.0859. The number of hydrogen-bond acceptors (Lipinski definition) is 4. The first-order valence-corrected chi connectivity index (χ1v) is 4.94. The van der Waals surface area contributed by atoms with Gasteiger partial charge in [0.05, 0.1) is 12.6 Å². The summed E-state index contributed by atoms with van der Waals surface area (Å²) in [5, 5.41) is 18.2. The Morgan fingerprint density at radius 3 is 2.75 bits per heavy atom. The lowest BCUT2D eigenvalue weighted by Crippen LogP contribution is -2.39. The highest BCUT2D eigenvalue weighted by molar-refractivity contribution is 5.92. The molecule has 1 rings (SSSR count). The summed E-state index contributed by atoms with van der Waals surface area (Å²) in [7, 11) is 0. The van der Waals surface area contributed by atoms with E-state index in [1.54, 1.807) is 13.8 Å². The van der Waals surface area contributed by atoms with Crippen molar-refractivity contribution in [3.63, 3.8) is 0 Å². The second-order valence-corrected chi connectivity index (χ2v) is 3.39. The predicted molar refractivity (Wildman–Crippen MR) is 54.8 cm³/mol. The summed E-state index contributed by atoms with van der Waals surface area (Å²) >= 11 is 0. The fourth-order valence-electron chi connectivity index (χ4n) is 1.47. The summed E-state index contributed by atoms with van der Waals surface area (Å²) in [5.41, 5.74) is 0.194. The van der Waals surface area contributed by atoms with Crippen molar-refractivity contribution in [1.29, 1.82) is 0 Å². The lowest BCUT2D eigenvalue weighted by atomic mass is 10.2. The fraction of sp³-hybridized carbons (Fsp3) is 0.556. The summed E-state index contributed by atoms with van der Waals surface area (Å²) in [6.07, 6.45) is 1.23. The molecule has 0 bridgehead atoms. The van der Waals surface area contributed by atoms with Crippen LogP contribution < -0.4 is 0 Å². The quantitative estimate of drug-likeness (QED) is 0.743. The molecule has 1 aromatic rings. The zero-order valence-electron chi connectivity index (χ0n) is 9.17. The molecule has 0 radical (unpaired) electrons. The SMILES string of the molecule is CCN(C(=O)c1cn[nH]n1)C(C)CC(=O)O. The van der Waals surface area contributed by atoms with Crippen molar-refractivity contribution in [2.24, 2.45) is 0 Å². The molecule has 0 spiro atoms. The Kier molecular flexibility index (Phi) is 3.98. The van der Waals surface area contributed by atoms with Crippen LogP contribution >= 0.6 is 0 Å². The number of nitrogens with zero attached hydrogens (tertiary/aromatic N) is 3. The van der Waals surface area contributed by atoms with Gasteiger partial charge in [-0.25, -0.2) is 0 Å². The smallest absolute Gasteiger partial charge is 0.305 e. The molecule has 1 heterocycles. The number of aromatic nitrogens is 3. The molecule has 0 saturated carbocycles. The average Bonchev–Trinajstić information content (AvgIpc) is 2.69. The van der Waals surface area contributed by atoms with Gasteiger partial charge >= 0.3 is 5.97 Å². The standard InChI is InChI=1S/C9H14N4O3/c1-3-13(6(2)4-8(14)15)9(16)7-5-10-12-11-7/h5-6H,3-4H2,1-2H3,(H,14,15)(H,10,11,12). The molecule has 16 heavy (non-hydrogen) atoms. The van der Waals surface area contributed by atoms with E-state index in [1.807, 2.05) is 0 Å². The van der Waals surface area contributed by atoms with Crippen molar-refractivity contribution in [2.75, 3.05) is 6.54 Å². The lowest BCUT2D eigenvalue weighted by Gasteiger charge is -2.25. The van der Waals surface area contributed by atoms with E-state index in [9.17, 15) is 9.59 Å². The molecule has 88 valence electrons. The molecule has 1 atom stereocenters. The molecule has 0 aliphatic heterocycles. The zero-order chi connectivity index (χ0) is 12.1. The van der Waals surface area contributed by atoms with Gasteiger partial charge in [0.15, 0.2) is 5.69 Å². The van der Waals surface area contributed by atoms with E-state index in [2.05, 4.69) is 15.4 Å². The lowest BCUT2D eigenvalue weighted by molar-refractivity contribution is -0.138. The van der Waals surface area contributed by atoms with Crippen LogP contribution in [0.3, 0.4) is 0 Å². The Morgan fingerprint density at radius 1 is 1.62 bits per heavy atom. The number of nitrogens with one attached hydrogen (secondary N) is 1. The van der Waals surface area contributed by atoms with Gasteiger partial charge in [-0.1, -0.05) is 0 Å². The Hall–Kier alpha value is -1.92. The predicted octanol–water partition coefficient (Wildman–Crippen LogP) is 0.130. The van der Waals surface area contributed by atoms with Gasteiger partial charge in [-0.3, -0.25) is 9.59 Å². The number of amides is 1. The topological polar surface area (TPSA) is 99.2 Å². The van der Waals surface area contributed by atoms with Gasteiger partial charge in [-0.2, -0.15) is 15.4 Å². The number of carboxylic acid groups (broad SMARTS) is 1. The van der Waals surface area contributed by atoms with Crippen LogP contribution in [0.15, 0.2) is 6.20 Å². The maximum absolute atomic E-state index is 11.9. The summed E-state index contributed by atoms with van der Waals surface area (Å²) in [6, 6.07) is -0.369. The first-order chi connectivity index (χ1) is 7.56. The van der Waals surface area contributed by atoms with Gasteiger partial charge in [0, 0.05) is 12.6 Å². The maximum Gasteiger partial charge on any atom is 0.305 e. The van der Waals surface area contributed by atoms with Gasteiger partial charge in [-0.15, -0.1) is 0 Å². The van der Waals surface area contributed by atoms with E-state index in [-0.39, 0.29) is 24.1 Å². The third kappa shape index (κ3) is 2.78. The zero-order valence-corrected chi connectivity index (χ0v) is 9.17. The van der Waals surface area contributed by atoms with Crippen LogP contribution in [0, 0.1) is 0 Å². The summed E-state index contributed by atoms with van der Waals surface area (Å²) < 4.78 is 0.